The second kappa shape index (κ2) is 8.66. The average molecular weight is 331 g/mol. The van der Waals surface area contributed by atoms with Crippen LogP contribution in [0.3, 0.4) is 0 Å². The average Bonchev–Trinajstić information content (AvgIpc) is 2.46. The highest BCUT2D eigenvalue weighted by atomic mass is 32.2. The molecular weight excluding hydrogens is 310 g/mol. The van der Waals surface area contributed by atoms with Crippen LogP contribution >= 0.6 is 0 Å². The number of nitrogens with two attached hydrogens (primary N) is 1. The Morgan fingerprint density at radius 1 is 1.32 bits per heavy atom. The summed E-state index contributed by atoms with van der Waals surface area (Å²) in [6.07, 6.45) is 2.55. The Morgan fingerprint density at radius 2 is 2.00 bits per heavy atom. The summed E-state index contributed by atoms with van der Waals surface area (Å²) >= 11 is 0. The number of nitrogens with zero attached hydrogens (tertiary/aromatic N) is 1. The van der Waals surface area contributed by atoms with Gasteiger partial charge in [-0.2, -0.15) is 0 Å². The highest BCUT2D eigenvalue weighted by Gasteiger charge is 2.19. The third-order valence-electron chi connectivity index (χ3n) is 2.91. The molecule has 0 fully saturated rings. The van der Waals surface area contributed by atoms with Gasteiger partial charge < -0.3 is 10.5 Å². The summed E-state index contributed by atoms with van der Waals surface area (Å²) in [5.74, 6) is 0. The van der Waals surface area contributed by atoms with Crippen LogP contribution < -0.4 is 10.5 Å². The van der Waals surface area contributed by atoms with Gasteiger partial charge in [-0.15, -0.1) is 0 Å². The standard InChI is InChI=1S/C13H21N3O5S/c1-2-3-8-21-9-4-7-15-22(19,20)11-5-6-12(14)13(10-11)16(17)18/h5-6,10,15H,2-4,7-9,14H2,1H3. The number of anilines is 1. The molecule has 0 atom stereocenters. The number of nitro benzene ring substituents is 1. The fraction of sp³-hybridized carbons (Fsp3) is 0.538. The quantitative estimate of drug-likeness (QED) is 0.291. The van der Waals surface area contributed by atoms with Crippen molar-refractivity contribution in [1.29, 1.82) is 0 Å². The Hall–Kier alpha value is -1.71. The van der Waals surface area contributed by atoms with Gasteiger partial charge in [0.25, 0.3) is 5.69 Å². The molecule has 0 aromatic heterocycles. The van der Waals surface area contributed by atoms with Gasteiger partial charge in [0.05, 0.1) is 9.82 Å². The van der Waals surface area contributed by atoms with E-state index in [1.807, 2.05) is 0 Å². The summed E-state index contributed by atoms with van der Waals surface area (Å²) in [5.41, 5.74) is 4.94. The van der Waals surface area contributed by atoms with E-state index in [0.29, 0.717) is 19.6 Å². The van der Waals surface area contributed by atoms with Crippen molar-refractivity contribution in [2.24, 2.45) is 0 Å². The fourth-order valence-electron chi connectivity index (χ4n) is 1.66. The topological polar surface area (TPSA) is 125 Å². The van der Waals surface area contributed by atoms with E-state index >= 15 is 0 Å². The van der Waals surface area contributed by atoms with Gasteiger partial charge in [0.15, 0.2) is 0 Å². The molecule has 0 aliphatic carbocycles. The third-order valence-corrected chi connectivity index (χ3v) is 4.37. The Kier molecular flexibility index (Phi) is 7.22. The molecule has 0 heterocycles. The molecule has 0 saturated carbocycles. The summed E-state index contributed by atoms with van der Waals surface area (Å²) in [6, 6.07) is 3.40. The van der Waals surface area contributed by atoms with Crippen LogP contribution in [-0.4, -0.2) is 33.1 Å². The summed E-state index contributed by atoms with van der Waals surface area (Å²) in [6.45, 7) is 3.38. The monoisotopic (exact) mass is 331 g/mol. The van der Waals surface area contributed by atoms with E-state index in [4.69, 9.17) is 10.5 Å². The van der Waals surface area contributed by atoms with Crippen molar-refractivity contribution in [3.05, 3.63) is 28.3 Å². The molecule has 0 unspecified atom stereocenters. The normalized spacial score (nSPS) is 11.5. The number of nitro groups is 1. The lowest BCUT2D eigenvalue weighted by Gasteiger charge is -2.08. The van der Waals surface area contributed by atoms with Crippen molar-refractivity contribution in [3.8, 4) is 0 Å². The molecule has 1 aromatic carbocycles. The SMILES string of the molecule is CCCCOCCCNS(=O)(=O)c1ccc(N)c([N+](=O)[O-])c1. The highest BCUT2D eigenvalue weighted by molar-refractivity contribution is 7.89. The van der Waals surface area contributed by atoms with Crippen LogP contribution in [0.25, 0.3) is 0 Å². The van der Waals surface area contributed by atoms with Crippen LogP contribution in [-0.2, 0) is 14.8 Å². The van der Waals surface area contributed by atoms with Crippen molar-refractivity contribution in [3.63, 3.8) is 0 Å². The van der Waals surface area contributed by atoms with Crippen LogP contribution in [0.2, 0.25) is 0 Å². The molecule has 124 valence electrons. The van der Waals surface area contributed by atoms with Crippen molar-refractivity contribution < 1.29 is 18.1 Å². The molecule has 0 saturated heterocycles. The van der Waals surface area contributed by atoms with Crippen LogP contribution in [0.1, 0.15) is 26.2 Å². The second-order valence-electron chi connectivity index (χ2n) is 4.69. The Balaban J connectivity index is 2.56. The van der Waals surface area contributed by atoms with E-state index in [2.05, 4.69) is 11.6 Å². The van der Waals surface area contributed by atoms with Gasteiger partial charge in [0.2, 0.25) is 10.0 Å². The summed E-state index contributed by atoms with van der Waals surface area (Å²) in [4.78, 5) is 9.89. The number of ether oxygens (including phenoxy) is 1. The van der Waals surface area contributed by atoms with Gasteiger partial charge >= 0.3 is 0 Å². The van der Waals surface area contributed by atoms with Gasteiger partial charge in [-0.25, -0.2) is 13.1 Å². The lowest BCUT2D eigenvalue weighted by molar-refractivity contribution is -0.384. The van der Waals surface area contributed by atoms with Crippen molar-refractivity contribution in [1.82, 2.24) is 4.72 Å². The number of benzene rings is 1. The molecule has 9 heteroatoms. The highest BCUT2D eigenvalue weighted by Crippen LogP contribution is 2.24. The molecular formula is C13H21N3O5S. The first-order valence-electron chi connectivity index (χ1n) is 7.00. The maximum absolute atomic E-state index is 12.0. The zero-order valence-electron chi connectivity index (χ0n) is 12.4. The van der Waals surface area contributed by atoms with Crippen molar-refractivity contribution in [2.75, 3.05) is 25.5 Å². The first-order valence-corrected chi connectivity index (χ1v) is 8.48. The van der Waals surface area contributed by atoms with E-state index in [-0.39, 0.29) is 17.1 Å². The molecule has 0 aliphatic rings. The first-order chi connectivity index (χ1) is 10.4. The van der Waals surface area contributed by atoms with Crippen LogP contribution in [0.4, 0.5) is 11.4 Å². The van der Waals surface area contributed by atoms with Crippen molar-refractivity contribution >= 4 is 21.4 Å². The minimum Gasteiger partial charge on any atom is -0.393 e. The van der Waals surface area contributed by atoms with E-state index in [9.17, 15) is 18.5 Å². The minimum atomic E-state index is -3.80. The zero-order chi connectivity index (χ0) is 16.6. The molecule has 0 spiro atoms. The van der Waals surface area contributed by atoms with Gasteiger partial charge in [-0.1, -0.05) is 13.3 Å². The molecule has 0 radical (unpaired) electrons. The Labute approximate surface area is 129 Å². The third kappa shape index (κ3) is 5.58. The molecule has 22 heavy (non-hydrogen) atoms. The number of sulfonamides is 1. The van der Waals surface area contributed by atoms with E-state index in [1.54, 1.807) is 0 Å². The molecule has 3 N–H and O–H groups in total. The van der Waals surface area contributed by atoms with Crippen LogP contribution in [0.15, 0.2) is 23.1 Å². The molecule has 1 rings (SSSR count). The summed E-state index contributed by atoms with van der Waals surface area (Å²) < 4.78 is 31.8. The zero-order valence-corrected chi connectivity index (χ0v) is 13.3. The predicted molar refractivity (Wildman–Crippen MR) is 83.0 cm³/mol. The molecule has 0 amide bonds. The van der Waals surface area contributed by atoms with Gasteiger partial charge in [-0.05, 0) is 25.0 Å². The number of hydrogen-bond acceptors (Lipinski definition) is 6. The maximum Gasteiger partial charge on any atom is 0.293 e. The second-order valence-corrected chi connectivity index (χ2v) is 6.46. The van der Waals surface area contributed by atoms with Crippen LogP contribution in [0.5, 0.6) is 0 Å². The number of nitrogen functional groups attached to an aromatic ring is 1. The largest absolute Gasteiger partial charge is 0.393 e. The Bertz CT molecular complexity index is 604. The number of hydrogen-bond donors (Lipinski definition) is 2. The van der Waals surface area contributed by atoms with Crippen LogP contribution in [0, 0.1) is 10.1 Å². The Morgan fingerprint density at radius 3 is 2.64 bits per heavy atom. The number of nitrogens with one attached hydrogen (secondary N) is 1. The van der Waals surface area contributed by atoms with E-state index in [0.717, 1.165) is 18.9 Å². The van der Waals surface area contributed by atoms with E-state index < -0.39 is 20.6 Å². The van der Waals surface area contributed by atoms with Gasteiger partial charge in [-0.3, -0.25) is 10.1 Å². The first kappa shape index (κ1) is 18.3. The lowest BCUT2D eigenvalue weighted by atomic mass is 10.3. The van der Waals surface area contributed by atoms with Gasteiger partial charge in [0.1, 0.15) is 5.69 Å². The fourth-order valence-corrected chi connectivity index (χ4v) is 2.76. The van der Waals surface area contributed by atoms with Crippen molar-refractivity contribution in [2.45, 2.75) is 31.1 Å². The van der Waals surface area contributed by atoms with E-state index in [1.165, 1.54) is 12.1 Å². The maximum atomic E-state index is 12.0. The number of rotatable bonds is 10. The summed E-state index contributed by atoms with van der Waals surface area (Å²) in [7, 11) is -3.80. The minimum absolute atomic E-state index is 0.0757. The molecule has 1 aromatic rings. The lowest BCUT2D eigenvalue weighted by Crippen LogP contribution is -2.25. The molecule has 0 bridgehead atoms. The molecule has 8 nitrogen and oxygen atoms in total. The smallest absolute Gasteiger partial charge is 0.293 e. The predicted octanol–water partition coefficient (Wildman–Crippen LogP) is 1.66. The van der Waals surface area contributed by atoms with Gasteiger partial charge in [0, 0.05) is 25.8 Å². The number of unbranched alkanes of at least 4 members (excludes halogenated alkanes) is 1. The summed E-state index contributed by atoms with van der Waals surface area (Å²) in [5, 5.41) is 10.8. The molecule has 0 aliphatic heterocycles.